The molecule has 72 valence electrons. The van der Waals surface area contributed by atoms with E-state index in [-0.39, 0.29) is 6.04 Å². The van der Waals surface area contributed by atoms with E-state index < -0.39 is 0 Å². The summed E-state index contributed by atoms with van der Waals surface area (Å²) >= 11 is 1.73. The SMILES string of the molecule is C[C@H](N)c1cc(-c2ccccc2)cs1. The van der Waals surface area contributed by atoms with Crippen molar-refractivity contribution >= 4 is 11.3 Å². The van der Waals surface area contributed by atoms with Crippen molar-refractivity contribution in [3.8, 4) is 11.1 Å². The lowest BCUT2D eigenvalue weighted by atomic mass is 10.1. The molecule has 1 heterocycles. The first-order chi connectivity index (χ1) is 6.77. The summed E-state index contributed by atoms with van der Waals surface area (Å²) in [6.07, 6.45) is 0. The van der Waals surface area contributed by atoms with Crippen LogP contribution in [0.25, 0.3) is 11.1 Å². The van der Waals surface area contributed by atoms with Gasteiger partial charge in [0.25, 0.3) is 0 Å². The number of nitrogens with two attached hydrogens (primary N) is 1. The Labute approximate surface area is 88.2 Å². The van der Waals surface area contributed by atoms with Gasteiger partial charge in [-0.25, -0.2) is 0 Å². The summed E-state index contributed by atoms with van der Waals surface area (Å²) in [7, 11) is 0. The van der Waals surface area contributed by atoms with E-state index in [1.165, 1.54) is 16.0 Å². The Hall–Kier alpha value is -1.12. The monoisotopic (exact) mass is 203 g/mol. The highest BCUT2D eigenvalue weighted by Gasteiger charge is 2.04. The van der Waals surface area contributed by atoms with E-state index in [4.69, 9.17) is 5.73 Å². The van der Waals surface area contributed by atoms with Crippen LogP contribution in [0.3, 0.4) is 0 Å². The van der Waals surface area contributed by atoms with E-state index in [2.05, 4.69) is 35.7 Å². The van der Waals surface area contributed by atoms with Crippen molar-refractivity contribution in [2.75, 3.05) is 0 Å². The summed E-state index contributed by atoms with van der Waals surface area (Å²) < 4.78 is 0. The molecule has 0 saturated heterocycles. The van der Waals surface area contributed by atoms with Gasteiger partial charge in [-0.1, -0.05) is 30.3 Å². The number of thiophene rings is 1. The van der Waals surface area contributed by atoms with Crippen LogP contribution in [-0.2, 0) is 0 Å². The van der Waals surface area contributed by atoms with Crippen molar-refractivity contribution in [3.05, 3.63) is 46.7 Å². The quantitative estimate of drug-likeness (QED) is 0.795. The molecule has 0 aliphatic carbocycles. The molecule has 2 heteroatoms. The van der Waals surface area contributed by atoms with Gasteiger partial charge in [-0.15, -0.1) is 11.3 Å². The van der Waals surface area contributed by atoms with E-state index in [0.29, 0.717) is 0 Å². The molecule has 0 amide bonds. The lowest BCUT2D eigenvalue weighted by molar-refractivity contribution is 0.838. The van der Waals surface area contributed by atoms with Gasteiger partial charge in [0, 0.05) is 10.9 Å². The molecule has 2 N–H and O–H groups in total. The highest BCUT2D eigenvalue weighted by atomic mass is 32.1. The molecule has 2 rings (SSSR count). The third-order valence-corrected chi connectivity index (χ3v) is 3.31. The van der Waals surface area contributed by atoms with E-state index in [1.807, 2.05) is 13.0 Å². The van der Waals surface area contributed by atoms with Crippen molar-refractivity contribution in [2.45, 2.75) is 13.0 Å². The van der Waals surface area contributed by atoms with Crippen LogP contribution in [-0.4, -0.2) is 0 Å². The van der Waals surface area contributed by atoms with Crippen LogP contribution in [0.4, 0.5) is 0 Å². The van der Waals surface area contributed by atoms with Crippen molar-refractivity contribution < 1.29 is 0 Å². The fraction of sp³-hybridized carbons (Fsp3) is 0.167. The Morgan fingerprint density at radius 1 is 1.14 bits per heavy atom. The van der Waals surface area contributed by atoms with Gasteiger partial charge in [-0.05, 0) is 29.5 Å². The summed E-state index contributed by atoms with van der Waals surface area (Å²) in [4.78, 5) is 1.24. The molecular formula is C12H13NS. The molecule has 1 aromatic carbocycles. The number of hydrogen-bond acceptors (Lipinski definition) is 2. The summed E-state index contributed by atoms with van der Waals surface area (Å²) in [5.74, 6) is 0. The zero-order valence-corrected chi connectivity index (χ0v) is 8.92. The van der Waals surface area contributed by atoms with Crippen LogP contribution >= 0.6 is 11.3 Å². The van der Waals surface area contributed by atoms with E-state index in [1.54, 1.807) is 11.3 Å². The zero-order chi connectivity index (χ0) is 9.97. The lowest BCUT2D eigenvalue weighted by Crippen LogP contribution is -2.01. The zero-order valence-electron chi connectivity index (χ0n) is 8.10. The molecule has 14 heavy (non-hydrogen) atoms. The third-order valence-electron chi connectivity index (χ3n) is 2.18. The van der Waals surface area contributed by atoms with Crippen LogP contribution in [0.5, 0.6) is 0 Å². The van der Waals surface area contributed by atoms with Crippen LogP contribution < -0.4 is 5.73 Å². The van der Waals surface area contributed by atoms with E-state index in [9.17, 15) is 0 Å². The minimum absolute atomic E-state index is 0.137. The number of benzene rings is 1. The molecule has 0 aliphatic heterocycles. The van der Waals surface area contributed by atoms with Crippen LogP contribution in [0.2, 0.25) is 0 Å². The smallest absolute Gasteiger partial charge is 0.0361 e. The molecule has 0 aliphatic rings. The highest BCUT2D eigenvalue weighted by molar-refractivity contribution is 7.10. The van der Waals surface area contributed by atoms with E-state index in [0.717, 1.165) is 0 Å². The van der Waals surface area contributed by atoms with Gasteiger partial charge in [0.2, 0.25) is 0 Å². The second kappa shape index (κ2) is 3.95. The van der Waals surface area contributed by atoms with Crippen molar-refractivity contribution in [1.29, 1.82) is 0 Å². The summed E-state index contributed by atoms with van der Waals surface area (Å²) in [5, 5.41) is 2.16. The molecule has 0 spiro atoms. The Bertz CT molecular complexity index is 403. The third kappa shape index (κ3) is 1.86. The minimum Gasteiger partial charge on any atom is -0.324 e. The minimum atomic E-state index is 0.137. The molecule has 0 unspecified atom stereocenters. The standard InChI is InChI=1S/C12H13NS/c1-9(13)12-7-11(8-14-12)10-5-3-2-4-6-10/h2-9H,13H2,1H3/t9-/m0/s1. The summed E-state index contributed by atoms with van der Waals surface area (Å²) in [5.41, 5.74) is 8.34. The molecule has 0 bridgehead atoms. The van der Waals surface area contributed by atoms with Gasteiger partial charge >= 0.3 is 0 Å². The van der Waals surface area contributed by atoms with Crippen molar-refractivity contribution in [1.82, 2.24) is 0 Å². The Balaban J connectivity index is 2.34. The first kappa shape index (κ1) is 9.44. The van der Waals surface area contributed by atoms with Crippen molar-refractivity contribution in [2.24, 2.45) is 5.73 Å². The van der Waals surface area contributed by atoms with Gasteiger partial charge in [0.05, 0.1) is 0 Å². The second-order valence-electron chi connectivity index (χ2n) is 3.39. The molecule has 0 radical (unpaired) electrons. The Kier molecular flexibility index (Phi) is 2.66. The van der Waals surface area contributed by atoms with Gasteiger partial charge in [0.15, 0.2) is 0 Å². The van der Waals surface area contributed by atoms with Gasteiger partial charge in [0.1, 0.15) is 0 Å². The molecule has 0 fully saturated rings. The first-order valence-electron chi connectivity index (χ1n) is 4.67. The highest BCUT2D eigenvalue weighted by Crippen LogP contribution is 2.27. The predicted molar refractivity (Wildman–Crippen MR) is 62.4 cm³/mol. The molecule has 1 atom stereocenters. The fourth-order valence-corrected chi connectivity index (χ4v) is 2.25. The molecule has 1 aromatic heterocycles. The van der Waals surface area contributed by atoms with Gasteiger partial charge < -0.3 is 5.73 Å². The average Bonchev–Trinajstić information content (AvgIpc) is 2.68. The molecule has 1 nitrogen and oxygen atoms in total. The predicted octanol–water partition coefficient (Wildman–Crippen LogP) is 3.43. The lowest BCUT2D eigenvalue weighted by Gasteiger charge is -1.98. The Morgan fingerprint density at radius 3 is 2.43 bits per heavy atom. The maximum atomic E-state index is 5.82. The maximum absolute atomic E-state index is 5.82. The molecule has 0 saturated carbocycles. The Morgan fingerprint density at radius 2 is 1.86 bits per heavy atom. The summed E-state index contributed by atoms with van der Waals surface area (Å²) in [6.45, 7) is 2.01. The average molecular weight is 203 g/mol. The summed E-state index contributed by atoms with van der Waals surface area (Å²) in [6, 6.07) is 12.7. The van der Waals surface area contributed by atoms with Gasteiger partial charge in [-0.2, -0.15) is 0 Å². The fourth-order valence-electron chi connectivity index (χ4n) is 1.37. The van der Waals surface area contributed by atoms with Crippen LogP contribution in [0, 0.1) is 0 Å². The van der Waals surface area contributed by atoms with Crippen LogP contribution in [0.15, 0.2) is 41.8 Å². The number of hydrogen-bond donors (Lipinski definition) is 1. The largest absolute Gasteiger partial charge is 0.324 e. The molecular weight excluding hydrogens is 190 g/mol. The second-order valence-corrected chi connectivity index (χ2v) is 4.34. The number of rotatable bonds is 2. The van der Waals surface area contributed by atoms with Crippen molar-refractivity contribution in [3.63, 3.8) is 0 Å². The normalized spacial score (nSPS) is 12.7. The van der Waals surface area contributed by atoms with Crippen LogP contribution in [0.1, 0.15) is 17.8 Å². The topological polar surface area (TPSA) is 26.0 Å². The van der Waals surface area contributed by atoms with E-state index >= 15 is 0 Å². The first-order valence-corrected chi connectivity index (χ1v) is 5.55. The van der Waals surface area contributed by atoms with Gasteiger partial charge in [-0.3, -0.25) is 0 Å². The molecule has 2 aromatic rings. The maximum Gasteiger partial charge on any atom is 0.0361 e.